The van der Waals surface area contributed by atoms with Crippen molar-refractivity contribution in [3.8, 4) is 0 Å². The summed E-state index contributed by atoms with van der Waals surface area (Å²) >= 11 is 0. The van der Waals surface area contributed by atoms with E-state index in [0.717, 1.165) is 5.39 Å². The molecular weight excluding hydrogens is 337 g/mol. The molecule has 2 aromatic heterocycles. The van der Waals surface area contributed by atoms with Crippen LogP contribution in [0.2, 0.25) is 0 Å². The fourth-order valence-electron chi connectivity index (χ4n) is 2.49. The molecule has 1 unspecified atom stereocenters. The molecule has 1 N–H and O–H groups in total. The van der Waals surface area contributed by atoms with Gasteiger partial charge in [-0.25, -0.2) is 4.39 Å². The minimum absolute atomic E-state index is 0.122. The second-order valence-corrected chi connectivity index (χ2v) is 5.86. The van der Waals surface area contributed by atoms with Crippen LogP contribution in [-0.2, 0) is 11.8 Å². The molecule has 3 rings (SSSR count). The molecule has 1 aromatic carbocycles. The lowest BCUT2D eigenvalue weighted by Gasteiger charge is -2.11. The highest BCUT2D eigenvalue weighted by atomic mass is 19.1. The molecule has 0 saturated heterocycles. The van der Waals surface area contributed by atoms with E-state index >= 15 is 0 Å². The predicted molar refractivity (Wildman–Crippen MR) is 95.3 cm³/mol. The first kappa shape index (κ1) is 17.5. The van der Waals surface area contributed by atoms with Crippen molar-refractivity contribution in [3.63, 3.8) is 0 Å². The summed E-state index contributed by atoms with van der Waals surface area (Å²) in [5.74, 6) is -0.638. The maximum Gasteiger partial charge on any atom is 0.249 e. The summed E-state index contributed by atoms with van der Waals surface area (Å²) in [5, 5.41) is 11.6. The van der Waals surface area contributed by atoms with Crippen LogP contribution in [-0.4, -0.2) is 33.6 Å². The maximum atomic E-state index is 13.3. The molecular formula is C18H18FN5O2. The molecule has 0 aliphatic rings. The number of rotatable bonds is 6. The standard InChI is InChI=1S/C18H18FN5O2/c1-11(18(25)21-12(2)15-6-7-26-23-15)9-20-10-16-14-5-4-13(19)8-17(14)24(3)22-16/h4-8,10,12H,1,9H2,2-3H3,(H,21,25). The molecule has 2 heterocycles. The zero-order valence-electron chi connectivity index (χ0n) is 14.4. The van der Waals surface area contributed by atoms with E-state index in [9.17, 15) is 9.18 Å². The number of aromatic nitrogens is 3. The number of halogens is 1. The minimum Gasteiger partial charge on any atom is -0.364 e. The van der Waals surface area contributed by atoms with Crippen LogP contribution in [0.4, 0.5) is 4.39 Å². The van der Waals surface area contributed by atoms with Crippen LogP contribution < -0.4 is 5.32 Å². The third-order valence-corrected chi connectivity index (χ3v) is 3.91. The van der Waals surface area contributed by atoms with Crippen LogP contribution in [0.25, 0.3) is 10.9 Å². The highest BCUT2D eigenvalue weighted by molar-refractivity contribution is 5.98. The number of hydrogen-bond donors (Lipinski definition) is 1. The molecule has 0 spiro atoms. The minimum atomic E-state index is -0.324. The van der Waals surface area contributed by atoms with Gasteiger partial charge in [-0.3, -0.25) is 14.5 Å². The van der Waals surface area contributed by atoms with Crippen molar-refractivity contribution < 1.29 is 13.7 Å². The average Bonchev–Trinajstić information content (AvgIpc) is 3.24. The number of aryl methyl sites for hydroxylation is 1. The van der Waals surface area contributed by atoms with E-state index in [0.29, 0.717) is 22.5 Å². The van der Waals surface area contributed by atoms with Gasteiger partial charge in [0.1, 0.15) is 23.5 Å². The third kappa shape index (κ3) is 3.69. The van der Waals surface area contributed by atoms with Gasteiger partial charge in [-0.2, -0.15) is 5.10 Å². The van der Waals surface area contributed by atoms with Crippen molar-refractivity contribution in [1.29, 1.82) is 0 Å². The fourth-order valence-corrected chi connectivity index (χ4v) is 2.49. The third-order valence-electron chi connectivity index (χ3n) is 3.91. The number of fused-ring (bicyclic) bond motifs is 1. The van der Waals surface area contributed by atoms with Gasteiger partial charge in [-0.15, -0.1) is 0 Å². The quantitative estimate of drug-likeness (QED) is 0.544. The lowest BCUT2D eigenvalue weighted by Crippen LogP contribution is -2.28. The number of aliphatic imine (C=N–C) groups is 1. The Kier molecular flexibility index (Phi) is 4.92. The SMILES string of the molecule is C=C(CN=Cc1nn(C)c2cc(F)ccc12)C(=O)NC(C)c1ccon1. The summed E-state index contributed by atoms with van der Waals surface area (Å²) in [6.07, 6.45) is 3.00. The molecule has 7 nitrogen and oxygen atoms in total. The number of nitrogens with zero attached hydrogens (tertiary/aromatic N) is 4. The van der Waals surface area contributed by atoms with Crippen molar-refractivity contribution in [2.75, 3.05) is 6.54 Å². The van der Waals surface area contributed by atoms with Crippen molar-refractivity contribution >= 4 is 23.0 Å². The first-order chi connectivity index (χ1) is 12.5. The molecule has 1 atom stereocenters. The van der Waals surface area contributed by atoms with Crippen molar-refractivity contribution in [1.82, 2.24) is 20.3 Å². The number of nitrogens with one attached hydrogen (secondary N) is 1. The van der Waals surface area contributed by atoms with Gasteiger partial charge < -0.3 is 9.84 Å². The molecule has 0 radical (unpaired) electrons. The zero-order valence-corrected chi connectivity index (χ0v) is 14.4. The topological polar surface area (TPSA) is 85.3 Å². The summed E-state index contributed by atoms with van der Waals surface area (Å²) in [7, 11) is 1.73. The average molecular weight is 355 g/mol. The molecule has 0 aliphatic carbocycles. The van der Waals surface area contributed by atoms with Crippen LogP contribution in [0.3, 0.4) is 0 Å². The van der Waals surface area contributed by atoms with Gasteiger partial charge >= 0.3 is 0 Å². The molecule has 0 saturated carbocycles. The molecule has 0 fully saturated rings. The summed E-state index contributed by atoms with van der Waals surface area (Å²) in [5.41, 5.74) is 2.21. The Labute approximate surface area is 149 Å². The first-order valence-corrected chi connectivity index (χ1v) is 7.96. The second kappa shape index (κ2) is 7.30. The van der Waals surface area contributed by atoms with E-state index in [2.05, 4.69) is 27.1 Å². The summed E-state index contributed by atoms with van der Waals surface area (Å²) in [6, 6.07) is 5.83. The van der Waals surface area contributed by atoms with Crippen LogP contribution in [0, 0.1) is 5.82 Å². The van der Waals surface area contributed by atoms with Gasteiger partial charge in [0.15, 0.2) is 0 Å². The van der Waals surface area contributed by atoms with E-state index in [1.165, 1.54) is 18.4 Å². The van der Waals surface area contributed by atoms with Gasteiger partial charge in [0.05, 0.1) is 18.1 Å². The van der Waals surface area contributed by atoms with Gasteiger partial charge in [0, 0.05) is 30.3 Å². The van der Waals surface area contributed by atoms with Crippen molar-refractivity contribution in [3.05, 3.63) is 59.9 Å². The first-order valence-electron chi connectivity index (χ1n) is 7.96. The normalized spacial score (nSPS) is 12.6. The fraction of sp³-hybridized carbons (Fsp3) is 0.222. The van der Waals surface area contributed by atoms with Crippen molar-refractivity contribution in [2.24, 2.45) is 12.0 Å². The van der Waals surface area contributed by atoms with Crippen LogP contribution in [0.15, 0.2) is 52.2 Å². The van der Waals surface area contributed by atoms with E-state index < -0.39 is 0 Å². The lowest BCUT2D eigenvalue weighted by molar-refractivity contribution is -0.118. The molecule has 26 heavy (non-hydrogen) atoms. The highest BCUT2D eigenvalue weighted by Gasteiger charge is 2.14. The summed E-state index contributed by atoms with van der Waals surface area (Å²) in [6.45, 7) is 5.67. The van der Waals surface area contributed by atoms with E-state index in [-0.39, 0.29) is 24.3 Å². The van der Waals surface area contributed by atoms with Gasteiger partial charge in [0.2, 0.25) is 5.91 Å². The predicted octanol–water partition coefficient (Wildman–Crippen LogP) is 2.55. The molecule has 3 aromatic rings. The summed E-state index contributed by atoms with van der Waals surface area (Å²) in [4.78, 5) is 16.4. The smallest absolute Gasteiger partial charge is 0.249 e. The van der Waals surface area contributed by atoms with Gasteiger partial charge in [-0.1, -0.05) is 11.7 Å². The molecule has 8 heteroatoms. The Hall–Kier alpha value is -3.29. The molecule has 0 bridgehead atoms. The number of hydrogen-bond acceptors (Lipinski definition) is 5. The van der Waals surface area contributed by atoms with Gasteiger partial charge in [-0.05, 0) is 25.1 Å². The number of carbonyl (C=O) groups is 1. The van der Waals surface area contributed by atoms with E-state index in [1.807, 2.05) is 0 Å². The van der Waals surface area contributed by atoms with Crippen molar-refractivity contribution in [2.45, 2.75) is 13.0 Å². The Morgan fingerprint density at radius 2 is 2.31 bits per heavy atom. The Morgan fingerprint density at radius 3 is 3.04 bits per heavy atom. The monoisotopic (exact) mass is 355 g/mol. The van der Waals surface area contributed by atoms with E-state index in [4.69, 9.17) is 4.52 Å². The zero-order chi connectivity index (χ0) is 18.7. The van der Waals surface area contributed by atoms with Crippen LogP contribution in [0.5, 0.6) is 0 Å². The van der Waals surface area contributed by atoms with Gasteiger partial charge in [0.25, 0.3) is 0 Å². The van der Waals surface area contributed by atoms with Crippen LogP contribution >= 0.6 is 0 Å². The highest BCUT2D eigenvalue weighted by Crippen LogP contribution is 2.18. The largest absolute Gasteiger partial charge is 0.364 e. The Bertz CT molecular complexity index is 975. The maximum absolute atomic E-state index is 13.3. The number of carbonyl (C=O) groups excluding carboxylic acids is 1. The second-order valence-electron chi connectivity index (χ2n) is 5.86. The molecule has 0 aliphatic heterocycles. The van der Waals surface area contributed by atoms with E-state index in [1.54, 1.807) is 37.0 Å². The summed E-state index contributed by atoms with van der Waals surface area (Å²) < 4.78 is 19.7. The number of benzene rings is 1. The lowest BCUT2D eigenvalue weighted by atomic mass is 10.2. The van der Waals surface area contributed by atoms with Crippen LogP contribution in [0.1, 0.15) is 24.4 Å². The molecule has 134 valence electrons. The number of amides is 1. The molecule has 1 amide bonds. The Balaban J connectivity index is 1.63. The Morgan fingerprint density at radius 1 is 1.50 bits per heavy atom.